The van der Waals surface area contributed by atoms with Crippen molar-refractivity contribution in [2.45, 2.75) is 32.4 Å². The van der Waals surface area contributed by atoms with Crippen molar-refractivity contribution in [3.05, 3.63) is 0 Å². The van der Waals surface area contributed by atoms with E-state index >= 15 is 0 Å². The maximum atomic E-state index is 11.5. The largest absolute Gasteiger partial charge is 0.349 e. The van der Waals surface area contributed by atoms with Gasteiger partial charge in [0.15, 0.2) is 0 Å². The van der Waals surface area contributed by atoms with E-state index in [1.165, 1.54) is 0 Å². The molecule has 0 aromatic carbocycles. The Bertz CT molecular complexity index is 218. The van der Waals surface area contributed by atoms with Crippen LogP contribution in [0.4, 0.5) is 0 Å². The van der Waals surface area contributed by atoms with E-state index in [0.717, 1.165) is 19.6 Å². The minimum atomic E-state index is 0.216. The van der Waals surface area contributed by atoms with Crippen LogP contribution >= 0.6 is 0 Å². The molecule has 2 atom stereocenters. The van der Waals surface area contributed by atoms with Gasteiger partial charge in [0, 0.05) is 52.2 Å². The van der Waals surface area contributed by atoms with E-state index in [2.05, 4.69) is 24.1 Å². The third kappa shape index (κ3) is 3.80. The summed E-state index contributed by atoms with van der Waals surface area (Å²) in [7, 11) is 3.62. The van der Waals surface area contributed by atoms with Crippen LogP contribution in [0.3, 0.4) is 0 Å². The van der Waals surface area contributed by atoms with Gasteiger partial charge in [0.05, 0.1) is 0 Å². The Kier molecular flexibility index (Phi) is 4.54. The first-order valence-electron chi connectivity index (χ1n) is 5.68. The second kappa shape index (κ2) is 5.47. The van der Waals surface area contributed by atoms with E-state index in [4.69, 9.17) is 0 Å². The molecule has 0 aromatic heterocycles. The number of amides is 1. The summed E-state index contributed by atoms with van der Waals surface area (Å²) in [4.78, 5) is 15.5. The van der Waals surface area contributed by atoms with Crippen molar-refractivity contribution < 1.29 is 4.79 Å². The quantitative estimate of drug-likeness (QED) is 0.725. The zero-order valence-electron chi connectivity index (χ0n) is 10.3. The van der Waals surface area contributed by atoms with Crippen LogP contribution in [-0.2, 0) is 4.79 Å². The van der Waals surface area contributed by atoms with Gasteiger partial charge in [0.25, 0.3) is 0 Å². The highest BCUT2D eigenvalue weighted by Crippen LogP contribution is 2.07. The minimum Gasteiger partial charge on any atom is -0.349 e. The van der Waals surface area contributed by atoms with Crippen molar-refractivity contribution in [2.75, 3.05) is 33.7 Å². The maximum absolute atomic E-state index is 11.5. The van der Waals surface area contributed by atoms with Crippen LogP contribution in [0.15, 0.2) is 0 Å². The molecule has 0 aliphatic carbocycles. The Morgan fingerprint density at radius 2 is 2.13 bits per heavy atom. The lowest BCUT2D eigenvalue weighted by Gasteiger charge is -2.37. The Balaban J connectivity index is 2.33. The first-order valence-corrected chi connectivity index (χ1v) is 5.68. The van der Waals surface area contributed by atoms with Crippen LogP contribution in [0.1, 0.15) is 20.3 Å². The highest BCUT2D eigenvalue weighted by atomic mass is 16.2. The van der Waals surface area contributed by atoms with Crippen LogP contribution in [0.2, 0.25) is 0 Å². The zero-order chi connectivity index (χ0) is 11.4. The van der Waals surface area contributed by atoms with Gasteiger partial charge in [0.1, 0.15) is 0 Å². The molecule has 0 aromatic rings. The molecule has 1 saturated heterocycles. The Morgan fingerprint density at radius 3 is 2.73 bits per heavy atom. The van der Waals surface area contributed by atoms with Gasteiger partial charge in [-0.25, -0.2) is 0 Å². The predicted molar refractivity (Wildman–Crippen MR) is 61.8 cm³/mol. The van der Waals surface area contributed by atoms with Crippen molar-refractivity contribution >= 4 is 5.91 Å². The number of nitrogens with zero attached hydrogens (tertiary/aromatic N) is 2. The van der Waals surface area contributed by atoms with Crippen LogP contribution < -0.4 is 5.32 Å². The van der Waals surface area contributed by atoms with Crippen molar-refractivity contribution in [2.24, 2.45) is 0 Å². The molecule has 2 unspecified atom stereocenters. The molecule has 4 nitrogen and oxygen atoms in total. The third-order valence-electron chi connectivity index (χ3n) is 3.01. The monoisotopic (exact) mass is 213 g/mol. The summed E-state index contributed by atoms with van der Waals surface area (Å²) in [5, 5.41) is 3.44. The van der Waals surface area contributed by atoms with E-state index in [9.17, 15) is 4.79 Å². The summed E-state index contributed by atoms with van der Waals surface area (Å²) in [6, 6.07) is 1.08. The van der Waals surface area contributed by atoms with Crippen LogP contribution in [0, 0.1) is 0 Å². The summed E-state index contributed by atoms with van der Waals surface area (Å²) in [5.74, 6) is 0.216. The lowest BCUT2D eigenvalue weighted by Crippen LogP contribution is -2.54. The van der Waals surface area contributed by atoms with E-state index in [0.29, 0.717) is 18.5 Å². The van der Waals surface area contributed by atoms with Crippen molar-refractivity contribution in [1.29, 1.82) is 0 Å². The second-order valence-electron chi connectivity index (χ2n) is 4.69. The molecule has 1 amide bonds. The number of carbonyl (C=O) groups is 1. The van der Waals surface area contributed by atoms with Crippen LogP contribution in [-0.4, -0.2) is 61.5 Å². The standard InChI is InChI=1S/C11H23N3O/c1-9-8-14(10(2)7-12-9)6-5-11(15)13(3)4/h9-10,12H,5-8H2,1-4H3. The molecule has 1 N–H and O–H groups in total. The van der Waals surface area contributed by atoms with Gasteiger partial charge in [-0.05, 0) is 13.8 Å². The van der Waals surface area contributed by atoms with Crippen LogP contribution in [0.5, 0.6) is 0 Å². The summed E-state index contributed by atoms with van der Waals surface area (Å²) in [6.07, 6.45) is 0.629. The number of rotatable bonds is 3. The second-order valence-corrected chi connectivity index (χ2v) is 4.69. The Hall–Kier alpha value is -0.610. The fourth-order valence-corrected chi connectivity index (χ4v) is 1.87. The minimum absolute atomic E-state index is 0.216. The van der Waals surface area contributed by atoms with Crippen LogP contribution in [0.25, 0.3) is 0 Å². The first-order chi connectivity index (χ1) is 7.00. The SMILES string of the molecule is CC1CN(CCC(=O)N(C)C)C(C)CN1. The highest BCUT2D eigenvalue weighted by Gasteiger charge is 2.22. The third-order valence-corrected chi connectivity index (χ3v) is 3.01. The van der Waals surface area contributed by atoms with Crippen molar-refractivity contribution in [3.63, 3.8) is 0 Å². The predicted octanol–water partition coefficient (Wildman–Crippen LogP) is 0.147. The Labute approximate surface area is 92.6 Å². The summed E-state index contributed by atoms with van der Waals surface area (Å²) in [6.45, 7) is 7.34. The molecule has 88 valence electrons. The van der Waals surface area contributed by atoms with Gasteiger partial charge < -0.3 is 10.2 Å². The molecule has 0 spiro atoms. The molecular formula is C11H23N3O. The molecule has 1 heterocycles. The smallest absolute Gasteiger partial charge is 0.223 e. The summed E-state index contributed by atoms with van der Waals surface area (Å²) >= 11 is 0. The van der Waals surface area contributed by atoms with E-state index in [1.54, 1.807) is 4.90 Å². The maximum Gasteiger partial charge on any atom is 0.223 e. The normalized spacial score (nSPS) is 27.7. The van der Waals surface area contributed by atoms with Gasteiger partial charge in [-0.1, -0.05) is 0 Å². The molecule has 0 bridgehead atoms. The summed E-state index contributed by atoms with van der Waals surface area (Å²) < 4.78 is 0. The highest BCUT2D eigenvalue weighted by molar-refractivity contribution is 5.75. The average Bonchev–Trinajstić information content (AvgIpc) is 2.18. The van der Waals surface area contributed by atoms with E-state index < -0.39 is 0 Å². The van der Waals surface area contributed by atoms with Gasteiger partial charge in [0.2, 0.25) is 5.91 Å². The van der Waals surface area contributed by atoms with E-state index in [1.807, 2.05) is 14.1 Å². The lowest BCUT2D eigenvalue weighted by atomic mass is 10.1. The van der Waals surface area contributed by atoms with Gasteiger partial charge in [-0.3, -0.25) is 9.69 Å². The molecule has 1 rings (SSSR count). The molecule has 4 heteroatoms. The van der Waals surface area contributed by atoms with Crippen molar-refractivity contribution in [3.8, 4) is 0 Å². The molecule has 1 aliphatic rings. The number of carbonyl (C=O) groups excluding carboxylic acids is 1. The number of hydrogen-bond acceptors (Lipinski definition) is 3. The van der Waals surface area contributed by atoms with Gasteiger partial charge in [-0.2, -0.15) is 0 Å². The number of hydrogen-bond donors (Lipinski definition) is 1. The fourth-order valence-electron chi connectivity index (χ4n) is 1.87. The van der Waals surface area contributed by atoms with E-state index in [-0.39, 0.29) is 5.91 Å². The van der Waals surface area contributed by atoms with Gasteiger partial charge in [-0.15, -0.1) is 0 Å². The topological polar surface area (TPSA) is 35.6 Å². The van der Waals surface area contributed by atoms with Crippen molar-refractivity contribution in [1.82, 2.24) is 15.1 Å². The molecule has 0 radical (unpaired) electrons. The molecule has 15 heavy (non-hydrogen) atoms. The molecule has 1 fully saturated rings. The number of piperazine rings is 1. The first kappa shape index (κ1) is 12.5. The molecule has 0 saturated carbocycles. The molecular weight excluding hydrogens is 190 g/mol. The lowest BCUT2D eigenvalue weighted by molar-refractivity contribution is -0.129. The molecule has 1 aliphatic heterocycles. The Morgan fingerprint density at radius 1 is 1.47 bits per heavy atom. The number of nitrogens with one attached hydrogen (secondary N) is 1. The average molecular weight is 213 g/mol. The van der Waals surface area contributed by atoms with Gasteiger partial charge >= 0.3 is 0 Å². The summed E-state index contributed by atoms with van der Waals surface area (Å²) in [5.41, 5.74) is 0. The fraction of sp³-hybridized carbons (Fsp3) is 0.909. The zero-order valence-corrected chi connectivity index (χ0v) is 10.3.